The number of hydrogen-bond acceptors (Lipinski definition) is 0. The molecule has 0 heteroatoms. The summed E-state index contributed by atoms with van der Waals surface area (Å²) in [5.41, 5.74) is 2.61. The van der Waals surface area contributed by atoms with E-state index in [9.17, 15) is 0 Å². The standard InChI is InChI=1S/C13H22/c1-5-6-7-8-9-10-13(4)11-12(2)3/h5-6,11H,2,7-10H2,1,3-4H3/b6-5+,13-11+. The third-order valence-corrected chi connectivity index (χ3v) is 1.92. The van der Waals surface area contributed by atoms with Crippen LogP contribution in [-0.4, -0.2) is 0 Å². The minimum absolute atomic E-state index is 1.16. The van der Waals surface area contributed by atoms with Crippen LogP contribution in [0, 0.1) is 0 Å². The third-order valence-electron chi connectivity index (χ3n) is 1.92. The molecule has 0 aromatic carbocycles. The molecule has 0 saturated carbocycles. The molecule has 0 aliphatic rings. The van der Waals surface area contributed by atoms with Crippen LogP contribution in [0.4, 0.5) is 0 Å². The Balaban J connectivity index is 3.47. The molecule has 0 aromatic rings. The Morgan fingerprint density at radius 1 is 1.23 bits per heavy atom. The SMILES string of the molecule is C=C(C)/C=C(\C)CCCC/C=C/C. The van der Waals surface area contributed by atoms with Crippen molar-refractivity contribution in [2.75, 3.05) is 0 Å². The van der Waals surface area contributed by atoms with Gasteiger partial charge < -0.3 is 0 Å². The fourth-order valence-corrected chi connectivity index (χ4v) is 1.33. The predicted molar refractivity (Wildman–Crippen MR) is 61.9 cm³/mol. The molecule has 0 atom stereocenters. The molecule has 0 N–H and O–H groups in total. The highest BCUT2D eigenvalue weighted by Gasteiger charge is 1.90. The van der Waals surface area contributed by atoms with Gasteiger partial charge in [0.15, 0.2) is 0 Å². The topological polar surface area (TPSA) is 0 Å². The van der Waals surface area contributed by atoms with E-state index < -0.39 is 0 Å². The molecule has 0 bridgehead atoms. The largest absolute Gasteiger partial charge is 0.0961 e. The van der Waals surface area contributed by atoms with Crippen LogP contribution in [0.25, 0.3) is 0 Å². The molecule has 0 rings (SSSR count). The van der Waals surface area contributed by atoms with Gasteiger partial charge in [0.05, 0.1) is 0 Å². The van der Waals surface area contributed by atoms with Gasteiger partial charge >= 0.3 is 0 Å². The summed E-state index contributed by atoms with van der Waals surface area (Å²) in [7, 11) is 0. The van der Waals surface area contributed by atoms with E-state index in [2.05, 4.69) is 38.7 Å². The molecule has 0 aromatic heterocycles. The monoisotopic (exact) mass is 178 g/mol. The molecule has 0 unspecified atom stereocenters. The van der Waals surface area contributed by atoms with Gasteiger partial charge in [-0.2, -0.15) is 0 Å². The summed E-state index contributed by atoms with van der Waals surface area (Å²) in [6, 6.07) is 0. The molecule has 0 radical (unpaired) electrons. The maximum Gasteiger partial charge on any atom is -0.0320 e. The first-order valence-electron chi connectivity index (χ1n) is 5.10. The van der Waals surface area contributed by atoms with E-state index in [1.165, 1.54) is 31.3 Å². The molecule has 0 fully saturated rings. The molecule has 0 saturated heterocycles. The van der Waals surface area contributed by atoms with Crippen molar-refractivity contribution < 1.29 is 0 Å². The summed E-state index contributed by atoms with van der Waals surface area (Å²) < 4.78 is 0. The molecule has 13 heavy (non-hydrogen) atoms. The van der Waals surface area contributed by atoms with Crippen LogP contribution >= 0.6 is 0 Å². The summed E-state index contributed by atoms with van der Waals surface area (Å²) in [4.78, 5) is 0. The van der Waals surface area contributed by atoms with Gasteiger partial charge in [-0.15, -0.1) is 0 Å². The lowest BCUT2D eigenvalue weighted by atomic mass is 10.1. The smallest absolute Gasteiger partial charge is 0.0320 e. The summed E-state index contributed by atoms with van der Waals surface area (Å²) >= 11 is 0. The van der Waals surface area contributed by atoms with Gasteiger partial charge in [-0.05, 0) is 46.5 Å². The van der Waals surface area contributed by atoms with Gasteiger partial charge in [-0.3, -0.25) is 0 Å². The van der Waals surface area contributed by atoms with Crippen molar-refractivity contribution >= 4 is 0 Å². The van der Waals surface area contributed by atoms with E-state index in [1.54, 1.807) is 0 Å². The van der Waals surface area contributed by atoms with Gasteiger partial charge in [0.1, 0.15) is 0 Å². The van der Waals surface area contributed by atoms with Crippen molar-refractivity contribution in [1.82, 2.24) is 0 Å². The molecule has 74 valence electrons. The van der Waals surface area contributed by atoms with Gasteiger partial charge in [0.25, 0.3) is 0 Å². The highest BCUT2D eigenvalue weighted by molar-refractivity contribution is 5.16. The number of hydrogen-bond donors (Lipinski definition) is 0. The van der Waals surface area contributed by atoms with E-state index in [4.69, 9.17) is 0 Å². The van der Waals surface area contributed by atoms with Gasteiger partial charge in [0.2, 0.25) is 0 Å². The second kappa shape index (κ2) is 7.85. The zero-order valence-electron chi connectivity index (χ0n) is 9.27. The Morgan fingerprint density at radius 2 is 1.92 bits per heavy atom. The average molecular weight is 178 g/mol. The number of allylic oxidation sites excluding steroid dienone is 5. The highest BCUT2D eigenvalue weighted by Crippen LogP contribution is 2.10. The first-order chi connectivity index (χ1) is 6.16. The van der Waals surface area contributed by atoms with E-state index in [1.807, 2.05) is 6.92 Å². The lowest BCUT2D eigenvalue weighted by Crippen LogP contribution is -1.79. The van der Waals surface area contributed by atoms with E-state index in [-0.39, 0.29) is 0 Å². The van der Waals surface area contributed by atoms with Crippen LogP contribution in [0.3, 0.4) is 0 Å². The molecular weight excluding hydrogens is 156 g/mol. The molecule has 0 amide bonds. The molecule has 0 aliphatic carbocycles. The van der Waals surface area contributed by atoms with Crippen LogP contribution < -0.4 is 0 Å². The zero-order chi connectivity index (χ0) is 10.1. The minimum atomic E-state index is 1.16. The fraction of sp³-hybridized carbons (Fsp3) is 0.538. The van der Waals surface area contributed by atoms with Crippen molar-refractivity contribution in [3.05, 3.63) is 36.0 Å². The predicted octanol–water partition coefficient (Wildman–Crippen LogP) is 4.65. The first kappa shape index (κ1) is 12.2. The van der Waals surface area contributed by atoms with Crippen LogP contribution in [0.15, 0.2) is 36.0 Å². The van der Waals surface area contributed by atoms with E-state index in [0.29, 0.717) is 0 Å². The van der Waals surface area contributed by atoms with Gasteiger partial charge in [0, 0.05) is 0 Å². The van der Waals surface area contributed by atoms with Crippen molar-refractivity contribution in [3.63, 3.8) is 0 Å². The van der Waals surface area contributed by atoms with Gasteiger partial charge in [-0.1, -0.05) is 36.0 Å². The van der Waals surface area contributed by atoms with Crippen LogP contribution in [0.5, 0.6) is 0 Å². The molecular formula is C13H22. The highest BCUT2D eigenvalue weighted by atomic mass is 14.0. The fourth-order valence-electron chi connectivity index (χ4n) is 1.33. The van der Waals surface area contributed by atoms with Crippen LogP contribution in [0.1, 0.15) is 46.5 Å². The summed E-state index contributed by atoms with van der Waals surface area (Å²) in [5, 5.41) is 0. The van der Waals surface area contributed by atoms with Crippen molar-refractivity contribution in [2.24, 2.45) is 0 Å². The van der Waals surface area contributed by atoms with Gasteiger partial charge in [-0.25, -0.2) is 0 Å². The second-order valence-corrected chi connectivity index (χ2v) is 3.65. The van der Waals surface area contributed by atoms with E-state index >= 15 is 0 Å². The summed E-state index contributed by atoms with van der Waals surface area (Å²) in [5.74, 6) is 0. The molecule has 0 heterocycles. The Kier molecular flexibility index (Phi) is 7.38. The molecule has 0 spiro atoms. The summed E-state index contributed by atoms with van der Waals surface area (Å²) in [6.07, 6.45) is 11.6. The first-order valence-corrected chi connectivity index (χ1v) is 5.10. The lowest BCUT2D eigenvalue weighted by Gasteiger charge is -1.99. The Hall–Kier alpha value is -0.780. The van der Waals surface area contributed by atoms with E-state index in [0.717, 1.165) is 5.57 Å². The lowest BCUT2D eigenvalue weighted by molar-refractivity contribution is 0.741. The number of unbranched alkanes of at least 4 members (excludes halogenated alkanes) is 2. The molecule has 0 nitrogen and oxygen atoms in total. The third kappa shape index (κ3) is 9.13. The minimum Gasteiger partial charge on any atom is -0.0961 e. The maximum atomic E-state index is 3.87. The average Bonchev–Trinajstić information content (AvgIpc) is 2.02. The quantitative estimate of drug-likeness (QED) is 0.315. The maximum absolute atomic E-state index is 3.87. The second-order valence-electron chi connectivity index (χ2n) is 3.65. The normalized spacial score (nSPS) is 12.4. The molecule has 0 aliphatic heterocycles. The van der Waals surface area contributed by atoms with Crippen molar-refractivity contribution in [3.8, 4) is 0 Å². The Morgan fingerprint density at radius 3 is 2.46 bits per heavy atom. The van der Waals surface area contributed by atoms with Crippen LogP contribution in [0.2, 0.25) is 0 Å². The van der Waals surface area contributed by atoms with Crippen molar-refractivity contribution in [2.45, 2.75) is 46.5 Å². The van der Waals surface area contributed by atoms with Crippen LogP contribution in [-0.2, 0) is 0 Å². The summed E-state index contributed by atoms with van der Waals surface area (Å²) in [6.45, 7) is 10.2. The Labute approximate surface area is 83.0 Å². The number of rotatable bonds is 6. The van der Waals surface area contributed by atoms with Crippen molar-refractivity contribution in [1.29, 1.82) is 0 Å². The Bertz CT molecular complexity index is 194. The zero-order valence-corrected chi connectivity index (χ0v) is 9.27.